The van der Waals surface area contributed by atoms with E-state index in [1.54, 1.807) is 6.92 Å². The van der Waals surface area contributed by atoms with Crippen molar-refractivity contribution >= 4 is 17.4 Å². The number of esters is 1. The number of carbonyl (C=O) groups excluding carboxylic acids is 2. The average Bonchev–Trinajstić information content (AvgIpc) is 2.73. The summed E-state index contributed by atoms with van der Waals surface area (Å²) in [6.45, 7) is 2.76. The van der Waals surface area contributed by atoms with Crippen LogP contribution in [0.3, 0.4) is 0 Å². The van der Waals surface area contributed by atoms with Crippen LogP contribution in [0.2, 0.25) is 0 Å². The summed E-state index contributed by atoms with van der Waals surface area (Å²) >= 11 is 0. The maximum absolute atomic E-state index is 11.7. The molecule has 1 aromatic rings. The Bertz CT molecular complexity index is 416. The van der Waals surface area contributed by atoms with Gasteiger partial charge in [-0.15, -0.1) is 0 Å². The van der Waals surface area contributed by atoms with E-state index in [4.69, 9.17) is 4.74 Å². The van der Waals surface area contributed by atoms with Crippen molar-refractivity contribution in [2.24, 2.45) is 5.92 Å². The maximum atomic E-state index is 11.7. The second-order valence-electron chi connectivity index (χ2n) is 3.99. The van der Waals surface area contributed by atoms with Gasteiger partial charge in [0.05, 0.1) is 13.2 Å². The monoisotopic (exact) mass is 233 g/mol. The average molecular weight is 233 g/mol. The van der Waals surface area contributed by atoms with Gasteiger partial charge in [-0.3, -0.25) is 9.59 Å². The highest BCUT2D eigenvalue weighted by molar-refractivity contribution is 6.04. The fraction of sp³-hybridized carbons (Fsp3) is 0.385. The summed E-state index contributed by atoms with van der Waals surface area (Å²) in [6, 6.07) is 9.61. The first-order valence-corrected chi connectivity index (χ1v) is 5.71. The van der Waals surface area contributed by atoms with E-state index in [0.717, 1.165) is 5.69 Å². The number of anilines is 1. The third kappa shape index (κ3) is 2.46. The summed E-state index contributed by atoms with van der Waals surface area (Å²) in [6.07, 6.45) is 0. The van der Waals surface area contributed by atoms with Crippen molar-refractivity contribution in [2.45, 2.75) is 6.92 Å². The molecule has 1 fully saturated rings. The Morgan fingerprint density at radius 1 is 1.41 bits per heavy atom. The smallest absolute Gasteiger partial charge is 0.318 e. The van der Waals surface area contributed by atoms with Gasteiger partial charge >= 0.3 is 5.97 Å². The molecule has 0 saturated carbocycles. The minimum atomic E-state index is -0.629. The van der Waals surface area contributed by atoms with Crippen molar-refractivity contribution in [2.75, 3.05) is 24.6 Å². The van der Waals surface area contributed by atoms with Crippen molar-refractivity contribution in [1.82, 2.24) is 0 Å². The Hall–Kier alpha value is -1.84. The van der Waals surface area contributed by atoms with Crippen LogP contribution in [0.25, 0.3) is 0 Å². The zero-order valence-electron chi connectivity index (χ0n) is 9.76. The highest BCUT2D eigenvalue weighted by Crippen LogP contribution is 2.22. The van der Waals surface area contributed by atoms with Gasteiger partial charge in [-0.05, 0) is 19.1 Å². The summed E-state index contributed by atoms with van der Waals surface area (Å²) in [5.74, 6) is -1.10. The fourth-order valence-corrected chi connectivity index (χ4v) is 1.97. The molecular formula is C13H15NO3. The zero-order chi connectivity index (χ0) is 12.3. The van der Waals surface area contributed by atoms with Gasteiger partial charge in [0, 0.05) is 12.2 Å². The fourth-order valence-electron chi connectivity index (χ4n) is 1.97. The van der Waals surface area contributed by atoms with Crippen LogP contribution in [0.4, 0.5) is 5.69 Å². The molecule has 1 atom stereocenters. The Kier molecular flexibility index (Phi) is 3.42. The van der Waals surface area contributed by atoms with Crippen LogP contribution in [0.15, 0.2) is 30.3 Å². The predicted molar refractivity (Wildman–Crippen MR) is 63.8 cm³/mol. The van der Waals surface area contributed by atoms with Crippen molar-refractivity contribution in [3.05, 3.63) is 30.3 Å². The van der Waals surface area contributed by atoms with Gasteiger partial charge in [-0.1, -0.05) is 18.2 Å². The summed E-state index contributed by atoms with van der Waals surface area (Å²) < 4.78 is 4.89. The molecule has 0 spiro atoms. The van der Waals surface area contributed by atoms with Gasteiger partial charge in [-0.2, -0.15) is 0 Å². The van der Waals surface area contributed by atoms with Gasteiger partial charge in [-0.25, -0.2) is 0 Å². The van der Waals surface area contributed by atoms with Gasteiger partial charge in [0.2, 0.25) is 0 Å². The van der Waals surface area contributed by atoms with Crippen LogP contribution in [-0.4, -0.2) is 31.4 Å². The van der Waals surface area contributed by atoms with E-state index < -0.39 is 11.9 Å². The number of rotatable bonds is 3. The van der Waals surface area contributed by atoms with Crippen LogP contribution < -0.4 is 4.90 Å². The Balaban J connectivity index is 2.07. The van der Waals surface area contributed by atoms with E-state index in [1.807, 2.05) is 35.2 Å². The molecule has 1 heterocycles. The first-order valence-electron chi connectivity index (χ1n) is 5.71. The number of hydrogen-bond acceptors (Lipinski definition) is 4. The van der Waals surface area contributed by atoms with E-state index >= 15 is 0 Å². The van der Waals surface area contributed by atoms with Crippen molar-refractivity contribution in [3.63, 3.8) is 0 Å². The number of para-hydroxylation sites is 1. The van der Waals surface area contributed by atoms with Crippen molar-refractivity contribution < 1.29 is 14.3 Å². The third-order valence-corrected chi connectivity index (χ3v) is 2.83. The van der Waals surface area contributed by atoms with Crippen LogP contribution in [0, 0.1) is 5.92 Å². The van der Waals surface area contributed by atoms with E-state index in [-0.39, 0.29) is 12.3 Å². The molecular weight excluding hydrogens is 218 g/mol. The normalized spacial score (nSPS) is 19.5. The molecule has 1 aliphatic rings. The number of hydrogen-bond donors (Lipinski definition) is 0. The predicted octanol–water partition coefficient (Wildman–Crippen LogP) is 1.26. The summed E-state index contributed by atoms with van der Waals surface area (Å²) in [5, 5.41) is 0. The number of Topliss-reactive ketones (excluding diaryl/α,β-unsaturated/α-hetero) is 1. The number of benzene rings is 1. The lowest BCUT2D eigenvalue weighted by molar-refractivity contribution is -0.149. The standard InChI is InChI=1S/C13H15NO3/c1-2-17-13(16)11-8-14(9-12(11)15)10-6-4-3-5-7-10/h3-7,11H,2,8-9H2,1H3/t11-/m0/s1. The van der Waals surface area contributed by atoms with E-state index in [2.05, 4.69) is 0 Å². The molecule has 0 aliphatic carbocycles. The molecule has 0 radical (unpaired) electrons. The third-order valence-electron chi connectivity index (χ3n) is 2.83. The second-order valence-corrected chi connectivity index (χ2v) is 3.99. The van der Waals surface area contributed by atoms with E-state index in [0.29, 0.717) is 13.2 Å². The minimum Gasteiger partial charge on any atom is -0.465 e. The van der Waals surface area contributed by atoms with Gasteiger partial charge in [0.1, 0.15) is 5.92 Å². The second kappa shape index (κ2) is 4.99. The molecule has 1 saturated heterocycles. The van der Waals surface area contributed by atoms with Crippen LogP contribution in [-0.2, 0) is 14.3 Å². The molecule has 0 N–H and O–H groups in total. The lowest BCUT2D eigenvalue weighted by atomic mass is 10.1. The molecule has 0 unspecified atom stereocenters. The zero-order valence-corrected chi connectivity index (χ0v) is 9.76. The Morgan fingerprint density at radius 3 is 2.76 bits per heavy atom. The largest absolute Gasteiger partial charge is 0.465 e. The van der Waals surface area contributed by atoms with Crippen LogP contribution in [0.1, 0.15) is 6.92 Å². The molecule has 17 heavy (non-hydrogen) atoms. The first-order chi connectivity index (χ1) is 8.22. The highest BCUT2D eigenvalue weighted by Gasteiger charge is 2.37. The SMILES string of the molecule is CCOC(=O)[C@H]1CN(c2ccccc2)CC1=O. The quantitative estimate of drug-likeness (QED) is 0.582. The summed E-state index contributed by atoms with van der Waals surface area (Å²) in [7, 11) is 0. The molecule has 0 aromatic heterocycles. The molecule has 4 nitrogen and oxygen atoms in total. The molecule has 0 bridgehead atoms. The van der Waals surface area contributed by atoms with E-state index in [1.165, 1.54) is 0 Å². The van der Waals surface area contributed by atoms with Gasteiger partial charge in [0.15, 0.2) is 5.78 Å². The molecule has 1 aromatic carbocycles. The molecule has 90 valence electrons. The molecule has 0 amide bonds. The first kappa shape index (κ1) is 11.6. The molecule has 2 rings (SSSR count). The molecule has 4 heteroatoms. The number of ketones is 1. The maximum Gasteiger partial charge on any atom is 0.318 e. The topological polar surface area (TPSA) is 46.6 Å². The van der Waals surface area contributed by atoms with Crippen molar-refractivity contribution in [1.29, 1.82) is 0 Å². The van der Waals surface area contributed by atoms with Crippen molar-refractivity contribution in [3.8, 4) is 0 Å². The lowest BCUT2D eigenvalue weighted by Gasteiger charge is -2.16. The Labute approximate surface area is 100 Å². The van der Waals surface area contributed by atoms with Crippen LogP contribution >= 0.6 is 0 Å². The number of nitrogens with zero attached hydrogens (tertiary/aromatic N) is 1. The molecule has 1 aliphatic heterocycles. The highest BCUT2D eigenvalue weighted by atomic mass is 16.5. The van der Waals surface area contributed by atoms with Crippen LogP contribution in [0.5, 0.6) is 0 Å². The number of carbonyl (C=O) groups is 2. The van der Waals surface area contributed by atoms with Gasteiger partial charge < -0.3 is 9.64 Å². The Morgan fingerprint density at radius 2 is 2.12 bits per heavy atom. The lowest BCUT2D eigenvalue weighted by Crippen LogP contribution is -2.25. The summed E-state index contributed by atoms with van der Waals surface area (Å²) in [4.78, 5) is 25.2. The van der Waals surface area contributed by atoms with Gasteiger partial charge in [0.25, 0.3) is 0 Å². The van der Waals surface area contributed by atoms with E-state index in [9.17, 15) is 9.59 Å². The number of ether oxygens (including phenoxy) is 1. The minimum absolute atomic E-state index is 0.0627. The summed E-state index contributed by atoms with van der Waals surface area (Å²) in [5.41, 5.74) is 0.965.